The summed E-state index contributed by atoms with van der Waals surface area (Å²) in [6.45, 7) is 5.82. The fourth-order valence-corrected chi connectivity index (χ4v) is 3.32. The molecule has 1 aromatic carbocycles. The van der Waals surface area contributed by atoms with Gasteiger partial charge in [-0.1, -0.05) is 6.07 Å². The Balaban J connectivity index is 1.84. The lowest BCUT2D eigenvalue weighted by Gasteiger charge is -2.13. The van der Waals surface area contributed by atoms with Gasteiger partial charge in [-0.05, 0) is 68.3 Å². The van der Waals surface area contributed by atoms with Gasteiger partial charge in [0.1, 0.15) is 11.6 Å². The molecular weight excluding hydrogens is 366 g/mol. The second-order valence-electron chi connectivity index (χ2n) is 6.93. The van der Waals surface area contributed by atoms with Crippen molar-refractivity contribution in [2.24, 2.45) is 0 Å². The normalized spacial score (nSPS) is 10.6. The van der Waals surface area contributed by atoms with E-state index in [1.54, 1.807) is 20.2 Å². The van der Waals surface area contributed by atoms with Gasteiger partial charge in [0.2, 0.25) is 5.91 Å². The molecule has 0 bridgehead atoms. The molecule has 0 spiro atoms. The fourth-order valence-electron chi connectivity index (χ4n) is 3.32. The Bertz CT molecular complexity index is 1040. The van der Waals surface area contributed by atoms with Gasteiger partial charge in [0, 0.05) is 36.1 Å². The molecule has 0 fully saturated rings. The average molecular weight is 391 g/mol. The van der Waals surface area contributed by atoms with Crippen molar-refractivity contribution < 1.29 is 14.3 Å². The molecule has 3 aromatic rings. The van der Waals surface area contributed by atoms with Crippen LogP contribution in [0, 0.1) is 13.8 Å². The predicted octanol–water partition coefficient (Wildman–Crippen LogP) is 4.41. The molecule has 0 unspecified atom stereocenters. The number of ether oxygens (including phenoxy) is 1. The molecule has 0 saturated carbocycles. The van der Waals surface area contributed by atoms with Gasteiger partial charge in [0.25, 0.3) is 0 Å². The van der Waals surface area contributed by atoms with Gasteiger partial charge >= 0.3 is 0 Å². The maximum atomic E-state index is 12.5. The van der Waals surface area contributed by atoms with Crippen LogP contribution in [0.4, 0.5) is 5.82 Å². The monoisotopic (exact) mass is 391 g/mol. The van der Waals surface area contributed by atoms with Crippen LogP contribution in [0.25, 0.3) is 11.3 Å². The Morgan fingerprint density at radius 1 is 1.14 bits per heavy atom. The number of pyridine rings is 1. The van der Waals surface area contributed by atoms with Gasteiger partial charge in [-0.25, -0.2) is 4.98 Å². The molecule has 0 aliphatic carbocycles. The molecule has 2 aromatic heterocycles. The van der Waals surface area contributed by atoms with Crippen molar-refractivity contribution in [2.75, 3.05) is 12.4 Å². The number of aryl methyl sites for hydroxylation is 1. The summed E-state index contributed by atoms with van der Waals surface area (Å²) in [5.41, 5.74) is 4.29. The molecule has 0 atom stereocenters. The number of aromatic nitrogens is 2. The van der Waals surface area contributed by atoms with Crippen LogP contribution >= 0.6 is 0 Å². The van der Waals surface area contributed by atoms with E-state index in [1.165, 1.54) is 0 Å². The number of hydrogen-bond acceptors (Lipinski definition) is 4. The zero-order valence-corrected chi connectivity index (χ0v) is 17.2. The number of rotatable bonds is 7. The van der Waals surface area contributed by atoms with E-state index in [4.69, 9.17) is 4.74 Å². The third-order valence-corrected chi connectivity index (χ3v) is 4.96. The average Bonchev–Trinajstić information content (AvgIpc) is 3.05. The molecule has 29 heavy (non-hydrogen) atoms. The Morgan fingerprint density at radius 2 is 1.86 bits per heavy atom. The van der Waals surface area contributed by atoms with Crippen molar-refractivity contribution in [2.45, 2.75) is 33.7 Å². The van der Waals surface area contributed by atoms with Crippen molar-refractivity contribution in [3.8, 4) is 17.0 Å². The minimum atomic E-state index is -0.120. The fraction of sp³-hybridized carbons (Fsp3) is 0.261. The summed E-state index contributed by atoms with van der Waals surface area (Å²) in [6, 6.07) is 13.3. The molecule has 0 saturated heterocycles. The number of amides is 1. The van der Waals surface area contributed by atoms with Crippen molar-refractivity contribution >= 4 is 17.5 Å². The molecule has 6 nitrogen and oxygen atoms in total. The van der Waals surface area contributed by atoms with Crippen molar-refractivity contribution in [3.05, 3.63) is 65.5 Å². The number of ketones is 1. The van der Waals surface area contributed by atoms with Crippen LogP contribution in [0.5, 0.6) is 5.75 Å². The van der Waals surface area contributed by atoms with Gasteiger partial charge in [0.15, 0.2) is 5.78 Å². The summed E-state index contributed by atoms with van der Waals surface area (Å²) < 4.78 is 7.25. The van der Waals surface area contributed by atoms with E-state index in [0.29, 0.717) is 17.9 Å². The summed E-state index contributed by atoms with van der Waals surface area (Å²) >= 11 is 0. The molecule has 0 aliphatic heterocycles. The van der Waals surface area contributed by atoms with Crippen LogP contribution in [-0.4, -0.2) is 28.4 Å². The molecule has 0 radical (unpaired) electrons. The lowest BCUT2D eigenvalue weighted by atomic mass is 10.1. The smallest absolute Gasteiger partial charge is 0.227 e. The van der Waals surface area contributed by atoms with Gasteiger partial charge in [-0.2, -0.15) is 0 Å². The van der Waals surface area contributed by atoms with E-state index in [1.807, 2.05) is 60.9 Å². The minimum Gasteiger partial charge on any atom is -0.497 e. The number of hydrogen-bond donors (Lipinski definition) is 1. The summed E-state index contributed by atoms with van der Waals surface area (Å²) in [7, 11) is 1.62. The maximum Gasteiger partial charge on any atom is 0.227 e. The number of Topliss-reactive ketones (excluding diaryl/α,β-unsaturated/α-hetero) is 1. The highest BCUT2D eigenvalue weighted by Gasteiger charge is 2.17. The number of carbonyl (C=O) groups is 2. The van der Waals surface area contributed by atoms with E-state index in [9.17, 15) is 9.59 Å². The summed E-state index contributed by atoms with van der Waals surface area (Å²) in [5, 5.41) is 2.86. The highest BCUT2D eigenvalue weighted by Crippen LogP contribution is 2.28. The molecular formula is C23H25N3O3. The third kappa shape index (κ3) is 4.54. The summed E-state index contributed by atoms with van der Waals surface area (Å²) in [5.74, 6) is 1.22. The zero-order valence-electron chi connectivity index (χ0n) is 17.2. The van der Waals surface area contributed by atoms with Gasteiger partial charge < -0.3 is 14.6 Å². The van der Waals surface area contributed by atoms with Gasteiger partial charge in [-0.3, -0.25) is 9.59 Å². The Labute approximate surface area is 170 Å². The third-order valence-electron chi connectivity index (χ3n) is 4.96. The lowest BCUT2D eigenvalue weighted by Crippen LogP contribution is -2.17. The first kappa shape index (κ1) is 20.3. The minimum absolute atomic E-state index is 0.00423. The summed E-state index contributed by atoms with van der Waals surface area (Å²) in [4.78, 5) is 28.7. The second-order valence-corrected chi connectivity index (χ2v) is 6.93. The van der Waals surface area contributed by atoms with Crippen LogP contribution < -0.4 is 10.1 Å². The van der Waals surface area contributed by atoms with Crippen LogP contribution in [0.2, 0.25) is 0 Å². The second kappa shape index (κ2) is 8.73. The zero-order chi connectivity index (χ0) is 21.0. The van der Waals surface area contributed by atoms with Crippen molar-refractivity contribution in [1.29, 1.82) is 0 Å². The number of nitrogens with one attached hydrogen (secondary N) is 1. The number of anilines is 1. The van der Waals surface area contributed by atoms with Crippen molar-refractivity contribution in [1.82, 2.24) is 9.55 Å². The van der Waals surface area contributed by atoms with E-state index in [-0.39, 0.29) is 18.1 Å². The number of nitrogens with zero attached hydrogens (tertiary/aromatic N) is 2. The lowest BCUT2D eigenvalue weighted by molar-refractivity contribution is -0.116. The van der Waals surface area contributed by atoms with E-state index < -0.39 is 0 Å². The molecule has 6 heteroatoms. The van der Waals surface area contributed by atoms with E-state index in [0.717, 1.165) is 28.3 Å². The van der Waals surface area contributed by atoms with Crippen molar-refractivity contribution in [3.63, 3.8) is 0 Å². The van der Waals surface area contributed by atoms with Crippen LogP contribution in [0.15, 0.2) is 48.7 Å². The van der Waals surface area contributed by atoms with Gasteiger partial charge in [-0.15, -0.1) is 0 Å². The van der Waals surface area contributed by atoms with Crippen LogP contribution in [0.1, 0.15) is 35.0 Å². The predicted molar refractivity (Wildman–Crippen MR) is 113 cm³/mol. The molecule has 3 rings (SSSR count). The van der Waals surface area contributed by atoms with Gasteiger partial charge in [0.05, 0.1) is 7.11 Å². The highest BCUT2D eigenvalue weighted by atomic mass is 16.5. The first-order valence-corrected chi connectivity index (χ1v) is 9.47. The highest BCUT2D eigenvalue weighted by molar-refractivity contribution is 5.97. The molecule has 2 heterocycles. The number of methoxy groups -OCH3 is 1. The number of carbonyl (C=O) groups excluding carboxylic acids is 2. The molecule has 1 amide bonds. The standard InChI is InChI=1S/C23H25N3O3/c1-15-6-5-12-24-23(15)25-22(28)11-13-26-16(2)20(17(3)27)14-21(26)18-7-9-19(29-4)10-8-18/h5-10,12,14H,11,13H2,1-4H3,(H,24,25,28). The Morgan fingerprint density at radius 3 is 2.48 bits per heavy atom. The maximum absolute atomic E-state index is 12.5. The molecule has 0 aliphatic rings. The van der Waals surface area contributed by atoms with E-state index >= 15 is 0 Å². The Hall–Kier alpha value is -3.41. The Kier molecular flexibility index (Phi) is 6.12. The number of benzene rings is 1. The SMILES string of the molecule is COc1ccc(-c2cc(C(C)=O)c(C)n2CCC(=O)Nc2ncccc2C)cc1. The molecule has 150 valence electrons. The quantitative estimate of drug-likeness (QED) is 0.606. The van der Waals surface area contributed by atoms with Crippen LogP contribution in [-0.2, 0) is 11.3 Å². The topological polar surface area (TPSA) is 73.2 Å². The summed E-state index contributed by atoms with van der Waals surface area (Å²) in [6.07, 6.45) is 1.92. The first-order chi connectivity index (χ1) is 13.9. The first-order valence-electron chi connectivity index (χ1n) is 9.47. The molecule has 1 N–H and O–H groups in total. The van der Waals surface area contributed by atoms with E-state index in [2.05, 4.69) is 10.3 Å². The largest absolute Gasteiger partial charge is 0.497 e. The van der Waals surface area contributed by atoms with Crippen LogP contribution in [0.3, 0.4) is 0 Å².